The third kappa shape index (κ3) is 3.55. The number of carboxylic acids is 1. The second kappa shape index (κ2) is 7.41. The lowest BCUT2D eigenvalue weighted by atomic mass is 10.0. The first-order valence-electron chi connectivity index (χ1n) is 8.12. The van der Waals surface area contributed by atoms with E-state index in [2.05, 4.69) is 0 Å². The monoisotopic (exact) mass is 377 g/mol. The molecule has 0 aliphatic carbocycles. The van der Waals surface area contributed by atoms with Crippen LogP contribution in [0.25, 0.3) is 11.0 Å². The molecule has 1 aromatic heterocycles. The maximum Gasteiger partial charge on any atom is 0.336 e. The summed E-state index contributed by atoms with van der Waals surface area (Å²) in [5, 5.41) is 9.99. The number of fused-ring (bicyclic) bond motifs is 1. The number of ether oxygens (including phenoxy) is 1. The first-order chi connectivity index (χ1) is 12.4. The molecule has 1 saturated heterocycles. The average molecular weight is 377 g/mol. The second-order valence-electron chi connectivity index (χ2n) is 6.13. The number of benzene rings is 1. The van der Waals surface area contributed by atoms with E-state index in [4.69, 9.17) is 9.15 Å². The van der Waals surface area contributed by atoms with Crippen LogP contribution in [0, 0.1) is 6.92 Å². The topological polar surface area (TPSA) is 97.0 Å². The molecule has 0 radical (unpaired) electrons. The fraction of sp³-hybridized carbons (Fsp3) is 0.389. The Morgan fingerprint density at radius 2 is 2.15 bits per heavy atom. The number of carbonyl (C=O) groups excluding carboxylic acids is 1. The van der Waals surface area contributed by atoms with Gasteiger partial charge in [0, 0.05) is 29.7 Å². The Morgan fingerprint density at radius 3 is 2.85 bits per heavy atom. The van der Waals surface area contributed by atoms with E-state index < -0.39 is 17.6 Å². The quantitative estimate of drug-likeness (QED) is 0.796. The first-order valence-corrected chi connectivity index (χ1v) is 9.27. The van der Waals surface area contributed by atoms with Crippen molar-refractivity contribution in [3.8, 4) is 5.75 Å². The molecule has 1 fully saturated rings. The van der Waals surface area contributed by atoms with Crippen LogP contribution >= 0.6 is 11.8 Å². The van der Waals surface area contributed by atoms with E-state index in [1.165, 1.54) is 29.8 Å². The number of carboxylic acid groups (broad SMARTS) is 1. The summed E-state index contributed by atoms with van der Waals surface area (Å²) in [6.45, 7) is 1.82. The molecule has 2 aromatic rings. The summed E-state index contributed by atoms with van der Waals surface area (Å²) in [6.07, 6.45) is 0.589. The molecule has 1 aliphatic heterocycles. The van der Waals surface area contributed by atoms with Crippen molar-refractivity contribution >= 4 is 34.6 Å². The van der Waals surface area contributed by atoms with Crippen molar-refractivity contribution in [2.45, 2.75) is 25.8 Å². The summed E-state index contributed by atoms with van der Waals surface area (Å²) in [7, 11) is 1.51. The van der Waals surface area contributed by atoms with Gasteiger partial charge in [0.15, 0.2) is 0 Å². The minimum absolute atomic E-state index is 0.183. The van der Waals surface area contributed by atoms with Gasteiger partial charge in [0.25, 0.3) is 0 Å². The lowest BCUT2D eigenvalue weighted by molar-refractivity contribution is -0.147. The van der Waals surface area contributed by atoms with Crippen molar-refractivity contribution < 1.29 is 23.8 Å². The number of rotatable bonds is 5. The second-order valence-corrected chi connectivity index (χ2v) is 7.13. The molecular formula is C18H19NO6S. The highest BCUT2D eigenvalue weighted by Crippen LogP contribution is 2.29. The molecule has 138 valence electrons. The van der Waals surface area contributed by atoms with E-state index in [0.717, 1.165) is 16.5 Å². The van der Waals surface area contributed by atoms with Gasteiger partial charge in [-0.05, 0) is 30.5 Å². The summed E-state index contributed by atoms with van der Waals surface area (Å²) in [5.74, 6) is 0.177. The summed E-state index contributed by atoms with van der Waals surface area (Å²) in [6, 6.07) is 4.16. The molecule has 0 bridgehead atoms. The molecule has 1 unspecified atom stereocenters. The largest absolute Gasteiger partial charge is 0.496 e. The Morgan fingerprint density at radius 1 is 1.38 bits per heavy atom. The summed E-state index contributed by atoms with van der Waals surface area (Å²) >= 11 is 1.44. The van der Waals surface area contributed by atoms with Crippen LogP contribution in [0.5, 0.6) is 5.75 Å². The number of carbonyl (C=O) groups is 2. The highest BCUT2D eigenvalue weighted by molar-refractivity contribution is 7.99. The van der Waals surface area contributed by atoms with Gasteiger partial charge < -0.3 is 19.2 Å². The van der Waals surface area contributed by atoms with Gasteiger partial charge in [0.1, 0.15) is 17.4 Å². The molecule has 1 atom stereocenters. The molecular weight excluding hydrogens is 358 g/mol. The SMILES string of the molecule is COc1cc2oc(=O)cc(C)c2cc1CCC(=O)N1CSCC1C(=O)O. The zero-order valence-electron chi connectivity index (χ0n) is 14.5. The number of thioether (sulfide) groups is 1. The van der Waals surface area contributed by atoms with Gasteiger partial charge in [-0.2, -0.15) is 0 Å². The number of hydrogen-bond donors (Lipinski definition) is 1. The van der Waals surface area contributed by atoms with Crippen LogP contribution in [0.2, 0.25) is 0 Å². The first kappa shape index (κ1) is 18.3. The fourth-order valence-corrected chi connectivity index (χ4v) is 4.23. The van der Waals surface area contributed by atoms with Crippen molar-refractivity contribution in [1.29, 1.82) is 0 Å². The van der Waals surface area contributed by atoms with Gasteiger partial charge in [-0.25, -0.2) is 9.59 Å². The van der Waals surface area contributed by atoms with Crippen molar-refractivity contribution in [2.24, 2.45) is 0 Å². The predicted molar refractivity (Wildman–Crippen MR) is 97.7 cm³/mol. The van der Waals surface area contributed by atoms with Crippen LogP contribution in [-0.2, 0) is 16.0 Å². The molecule has 0 spiro atoms. The maximum atomic E-state index is 12.5. The number of nitrogens with zero attached hydrogens (tertiary/aromatic N) is 1. The number of amides is 1. The molecule has 2 heterocycles. The van der Waals surface area contributed by atoms with E-state index in [1.54, 1.807) is 6.07 Å². The van der Waals surface area contributed by atoms with E-state index in [0.29, 0.717) is 29.4 Å². The van der Waals surface area contributed by atoms with Gasteiger partial charge in [0.05, 0.1) is 13.0 Å². The van der Waals surface area contributed by atoms with E-state index in [9.17, 15) is 19.5 Å². The summed E-state index contributed by atoms with van der Waals surface area (Å²) in [5.41, 5.74) is 1.60. The van der Waals surface area contributed by atoms with E-state index in [-0.39, 0.29) is 12.3 Å². The minimum atomic E-state index is -0.975. The molecule has 1 aromatic carbocycles. The molecule has 1 aliphatic rings. The standard InChI is InChI=1S/C18H19NO6S/c1-10-5-17(21)25-15-7-14(24-2)11(6-12(10)15)3-4-16(20)19-9-26-8-13(19)18(22)23/h5-7,13H,3-4,8-9H2,1-2H3,(H,22,23). The average Bonchev–Trinajstić information content (AvgIpc) is 3.09. The number of aryl methyl sites for hydroxylation is 2. The molecule has 7 nitrogen and oxygen atoms in total. The van der Waals surface area contributed by atoms with Crippen LogP contribution in [0.15, 0.2) is 27.4 Å². The van der Waals surface area contributed by atoms with Crippen molar-refractivity contribution in [3.05, 3.63) is 39.7 Å². The molecule has 1 N–H and O–H groups in total. The predicted octanol–water partition coefficient (Wildman–Crippen LogP) is 2.03. The minimum Gasteiger partial charge on any atom is -0.496 e. The zero-order chi connectivity index (χ0) is 18.8. The molecule has 0 saturated carbocycles. The van der Waals surface area contributed by atoms with Gasteiger partial charge in [-0.1, -0.05) is 0 Å². The van der Waals surface area contributed by atoms with Crippen LogP contribution in [0.1, 0.15) is 17.5 Å². The summed E-state index contributed by atoms with van der Waals surface area (Å²) < 4.78 is 10.6. The van der Waals surface area contributed by atoms with Crippen molar-refractivity contribution in [3.63, 3.8) is 0 Å². The van der Waals surface area contributed by atoms with E-state index >= 15 is 0 Å². The lowest BCUT2D eigenvalue weighted by Crippen LogP contribution is -2.41. The zero-order valence-corrected chi connectivity index (χ0v) is 15.3. The highest BCUT2D eigenvalue weighted by atomic mass is 32.2. The van der Waals surface area contributed by atoms with Gasteiger partial charge in [0.2, 0.25) is 5.91 Å². The third-order valence-electron chi connectivity index (χ3n) is 4.45. The van der Waals surface area contributed by atoms with Crippen molar-refractivity contribution in [1.82, 2.24) is 4.90 Å². The Kier molecular flexibility index (Phi) is 5.22. The number of hydrogen-bond acceptors (Lipinski definition) is 6. The fourth-order valence-electron chi connectivity index (χ4n) is 3.05. The third-order valence-corrected chi connectivity index (χ3v) is 5.46. The number of aliphatic carboxylic acids is 1. The molecule has 3 rings (SSSR count). The lowest BCUT2D eigenvalue weighted by Gasteiger charge is -2.20. The summed E-state index contributed by atoms with van der Waals surface area (Å²) in [4.78, 5) is 36.6. The van der Waals surface area contributed by atoms with Crippen LogP contribution in [-0.4, -0.2) is 46.7 Å². The van der Waals surface area contributed by atoms with Crippen molar-refractivity contribution in [2.75, 3.05) is 18.7 Å². The Hall–Kier alpha value is -2.48. The van der Waals surface area contributed by atoms with Gasteiger partial charge in [-0.3, -0.25) is 4.79 Å². The van der Waals surface area contributed by atoms with Crippen LogP contribution < -0.4 is 10.4 Å². The number of methoxy groups -OCH3 is 1. The Balaban J connectivity index is 1.83. The Bertz CT molecular complexity index is 922. The normalized spacial score (nSPS) is 16.8. The molecule has 26 heavy (non-hydrogen) atoms. The maximum absolute atomic E-state index is 12.5. The highest BCUT2D eigenvalue weighted by Gasteiger charge is 2.34. The van der Waals surface area contributed by atoms with Crippen LogP contribution in [0.4, 0.5) is 0 Å². The van der Waals surface area contributed by atoms with Gasteiger partial charge in [-0.15, -0.1) is 11.8 Å². The molecule has 8 heteroatoms. The molecule has 1 amide bonds. The smallest absolute Gasteiger partial charge is 0.336 e. The Labute approximate surface area is 153 Å². The van der Waals surface area contributed by atoms with E-state index in [1.807, 2.05) is 13.0 Å². The van der Waals surface area contributed by atoms with Gasteiger partial charge >= 0.3 is 11.6 Å². The van der Waals surface area contributed by atoms with Crippen LogP contribution in [0.3, 0.4) is 0 Å².